The van der Waals surface area contributed by atoms with E-state index in [1.165, 1.54) is 12.1 Å². The van der Waals surface area contributed by atoms with Crippen molar-refractivity contribution in [2.45, 2.75) is 0 Å². The van der Waals surface area contributed by atoms with Crippen LogP contribution in [0, 0.1) is 17.1 Å². The molecule has 5 nitrogen and oxygen atoms in total. The molecular weight excluding hydrogens is 327 g/mol. The van der Waals surface area contributed by atoms with Gasteiger partial charge in [0.2, 0.25) is 5.78 Å². The molecule has 118 valence electrons. The van der Waals surface area contributed by atoms with E-state index >= 15 is 0 Å². The lowest BCUT2D eigenvalue weighted by Crippen LogP contribution is -2.02. The predicted octanol–water partition coefficient (Wildman–Crippen LogP) is 3.71. The first kappa shape index (κ1) is 15.6. The van der Waals surface area contributed by atoms with Gasteiger partial charge in [-0.25, -0.2) is 9.37 Å². The normalized spacial score (nSPS) is 10.2. The second-order valence-electron chi connectivity index (χ2n) is 4.86. The smallest absolute Gasteiger partial charge is 0.206 e. The number of anilines is 3. The molecule has 0 aliphatic rings. The molecule has 0 amide bonds. The highest BCUT2D eigenvalue weighted by Crippen LogP contribution is 2.30. The lowest BCUT2D eigenvalue weighted by atomic mass is 10.1. The first-order valence-corrected chi connectivity index (χ1v) is 7.73. The number of nitrogen functional groups attached to an aromatic ring is 1. The van der Waals surface area contributed by atoms with Crippen LogP contribution < -0.4 is 11.1 Å². The van der Waals surface area contributed by atoms with E-state index in [2.05, 4.69) is 10.3 Å². The van der Waals surface area contributed by atoms with E-state index < -0.39 is 5.82 Å². The highest BCUT2D eigenvalue weighted by atomic mass is 32.1. The quantitative estimate of drug-likeness (QED) is 0.708. The van der Waals surface area contributed by atoms with Gasteiger partial charge in [0.1, 0.15) is 22.6 Å². The standard InChI is InChI=1S/C17H11FN4OS/c18-13-8-12(7-6-11(13)9-19)21-17-22-16(20)15(24-17)14(23)10-4-2-1-3-5-10/h1-8H,20H2,(H,21,22). The fourth-order valence-corrected chi connectivity index (χ4v) is 2.94. The molecule has 2 aromatic carbocycles. The molecule has 0 bridgehead atoms. The number of aromatic nitrogens is 1. The lowest BCUT2D eigenvalue weighted by molar-refractivity contribution is 0.104. The number of nitriles is 1. The molecule has 0 radical (unpaired) electrons. The molecule has 1 heterocycles. The molecule has 1 aromatic heterocycles. The fraction of sp³-hybridized carbons (Fsp3) is 0. The van der Waals surface area contributed by atoms with Crippen molar-refractivity contribution in [2.24, 2.45) is 0 Å². The van der Waals surface area contributed by atoms with Crippen LogP contribution in [0.4, 0.5) is 21.0 Å². The van der Waals surface area contributed by atoms with Gasteiger partial charge in [-0.15, -0.1) is 0 Å². The van der Waals surface area contributed by atoms with Crippen molar-refractivity contribution in [1.29, 1.82) is 5.26 Å². The van der Waals surface area contributed by atoms with E-state index in [0.29, 0.717) is 21.3 Å². The third-order valence-corrected chi connectivity index (χ3v) is 4.22. The number of halogens is 1. The number of hydrogen-bond donors (Lipinski definition) is 2. The molecule has 0 aliphatic heterocycles. The van der Waals surface area contributed by atoms with E-state index in [4.69, 9.17) is 11.0 Å². The van der Waals surface area contributed by atoms with Gasteiger partial charge < -0.3 is 11.1 Å². The Balaban J connectivity index is 1.86. The first-order valence-electron chi connectivity index (χ1n) is 6.91. The summed E-state index contributed by atoms with van der Waals surface area (Å²) in [5.74, 6) is -0.734. The summed E-state index contributed by atoms with van der Waals surface area (Å²) >= 11 is 1.09. The summed E-state index contributed by atoms with van der Waals surface area (Å²) in [6.07, 6.45) is 0. The summed E-state index contributed by atoms with van der Waals surface area (Å²) in [4.78, 5) is 16.9. The topological polar surface area (TPSA) is 91.8 Å². The van der Waals surface area contributed by atoms with Crippen LogP contribution in [-0.4, -0.2) is 10.8 Å². The highest BCUT2D eigenvalue weighted by molar-refractivity contribution is 7.18. The van der Waals surface area contributed by atoms with Gasteiger partial charge in [0, 0.05) is 11.3 Å². The van der Waals surface area contributed by atoms with Gasteiger partial charge in [0.15, 0.2) is 5.13 Å². The van der Waals surface area contributed by atoms with Crippen molar-refractivity contribution in [1.82, 2.24) is 4.98 Å². The molecule has 0 spiro atoms. The highest BCUT2D eigenvalue weighted by Gasteiger charge is 2.18. The van der Waals surface area contributed by atoms with E-state index in [0.717, 1.165) is 11.3 Å². The summed E-state index contributed by atoms with van der Waals surface area (Å²) in [6, 6.07) is 14.6. The van der Waals surface area contributed by atoms with Crippen LogP contribution in [0.25, 0.3) is 0 Å². The van der Waals surface area contributed by atoms with Crippen molar-refractivity contribution in [3.63, 3.8) is 0 Å². The van der Waals surface area contributed by atoms with Gasteiger partial charge in [0.05, 0.1) is 5.56 Å². The van der Waals surface area contributed by atoms with Gasteiger partial charge in [-0.2, -0.15) is 5.26 Å². The van der Waals surface area contributed by atoms with E-state index in [1.54, 1.807) is 36.4 Å². The molecule has 3 N–H and O–H groups in total. The Morgan fingerprint density at radius 3 is 2.67 bits per heavy atom. The van der Waals surface area contributed by atoms with Crippen LogP contribution in [-0.2, 0) is 0 Å². The molecule has 0 unspecified atom stereocenters. The van der Waals surface area contributed by atoms with Gasteiger partial charge >= 0.3 is 0 Å². The van der Waals surface area contributed by atoms with Gasteiger partial charge in [0.25, 0.3) is 0 Å². The molecule has 3 rings (SSSR count). The van der Waals surface area contributed by atoms with Gasteiger partial charge in [-0.1, -0.05) is 41.7 Å². The molecule has 24 heavy (non-hydrogen) atoms. The Labute approximate surface area is 141 Å². The molecule has 0 saturated heterocycles. The number of benzene rings is 2. The molecular formula is C17H11FN4OS. The average Bonchev–Trinajstić information content (AvgIpc) is 2.95. The van der Waals surface area contributed by atoms with Gasteiger partial charge in [-0.05, 0) is 18.2 Å². The average molecular weight is 338 g/mol. The predicted molar refractivity (Wildman–Crippen MR) is 90.8 cm³/mol. The first-order chi connectivity index (χ1) is 11.6. The Bertz CT molecular complexity index is 947. The number of nitrogens with one attached hydrogen (secondary N) is 1. The Morgan fingerprint density at radius 2 is 2.00 bits per heavy atom. The number of carbonyl (C=O) groups excluding carboxylic acids is 1. The Kier molecular flexibility index (Phi) is 4.22. The van der Waals surface area contributed by atoms with Crippen molar-refractivity contribution in [3.05, 3.63) is 70.4 Å². The minimum absolute atomic E-state index is 0.0425. The Morgan fingerprint density at radius 1 is 1.25 bits per heavy atom. The summed E-state index contributed by atoms with van der Waals surface area (Å²) in [7, 11) is 0. The fourth-order valence-electron chi connectivity index (χ4n) is 2.08. The van der Waals surface area contributed by atoms with Crippen molar-refractivity contribution in [2.75, 3.05) is 11.1 Å². The zero-order chi connectivity index (χ0) is 17.1. The zero-order valence-electron chi connectivity index (χ0n) is 12.3. The number of nitrogens with zero attached hydrogens (tertiary/aromatic N) is 2. The third-order valence-electron chi connectivity index (χ3n) is 3.24. The monoisotopic (exact) mass is 338 g/mol. The molecule has 0 fully saturated rings. The molecule has 0 aliphatic carbocycles. The maximum absolute atomic E-state index is 13.6. The number of rotatable bonds is 4. The van der Waals surface area contributed by atoms with Crippen molar-refractivity contribution in [3.8, 4) is 6.07 Å². The second kappa shape index (κ2) is 6.48. The number of thiazole rings is 1. The van der Waals surface area contributed by atoms with Crippen LogP contribution in [0.2, 0.25) is 0 Å². The largest absolute Gasteiger partial charge is 0.382 e. The minimum Gasteiger partial charge on any atom is -0.382 e. The second-order valence-corrected chi connectivity index (χ2v) is 5.86. The number of nitrogens with two attached hydrogens (primary N) is 1. The van der Waals surface area contributed by atoms with Crippen LogP contribution in [0.3, 0.4) is 0 Å². The van der Waals surface area contributed by atoms with Gasteiger partial charge in [-0.3, -0.25) is 4.79 Å². The SMILES string of the molecule is N#Cc1ccc(Nc2nc(N)c(C(=O)c3ccccc3)s2)cc1F. The lowest BCUT2D eigenvalue weighted by Gasteiger charge is -2.02. The summed E-state index contributed by atoms with van der Waals surface area (Å²) in [5, 5.41) is 12.0. The summed E-state index contributed by atoms with van der Waals surface area (Å²) < 4.78 is 13.6. The van der Waals surface area contributed by atoms with Crippen molar-refractivity contribution < 1.29 is 9.18 Å². The maximum Gasteiger partial charge on any atom is 0.206 e. The number of hydrogen-bond acceptors (Lipinski definition) is 6. The van der Waals surface area contributed by atoms with E-state index in [9.17, 15) is 9.18 Å². The Hall–Kier alpha value is -3.24. The minimum atomic E-state index is -0.632. The third kappa shape index (κ3) is 3.09. The van der Waals surface area contributed by atoms with E-state index in [-0.39, 0.29) is 17.2 Å². The van der Waals surface area contributed by atoms with Crippen LogP contribution in [0.5, 0.6) is 0 Å². The van der Waals surface area contributed by atoms with Crippen LogP contribution in [0.1, 0.15) is 20.8 Å². The molecule has 7 heteroatoms. The van der Waals surface area contributed by atoms with Crippen molar-refractivity contribution >= 4 is 33.8 Å². The maximum atomic E-state index is 13.6. The van der Waals surface area contributed by atoms with E-state index in [1.807, 2.05) is 6.07 Å². The van der Waals surface area contributed by atoms with Crippen LogP contribution in [0.15, 0.2) is 48.5 Å². The number of ketones is 1. The number of carbonyl (C=O) groups is 1. The molecule has 0 saturated carbocycles. The summed E-state index contributed by atoms with van der Waals surface area (Å²) in [6.45, 7) is 0. The molecule has 0 atom stereocenters. The van der Waals surface area contributed by atoms with Crippen LogP contribution >= 0.6 is 11.3 Å². The summed E-state index contributed by atoms with van der Waals surface area (Å²) in [5.41, 5.74) is 6.72. The zero-order valence-corrected chi connectivity index (χ0v) is 13.1. The molecule has 3 aromatic rings.